The minimum atomic E-state index is -2.91. The molecule has 0 atom stereocenters. The maximum atomic E-state index is 12.2. The molecule has 0 saturated carbocycles. The molecule has 0 spiro atoms. The first-order valence-corrected chi connectivity index (χ1v) is 6.20. The lowest BCUT2D eigenvalue weighted by Crippen LogP contribution is -2.46. The average Bonchev–Trinajstić information content (AvgIpc) is 2.36. The third-order valence-electron chi connectivity index (χ3n) is 2.85. The summed E-state index contributed by atoms with van der Waals surface area (Å²) in [6, 6.07) is 5.69. The van der Waals surface area contributed by atoms with E-state index in [0.717, 1.165) is 0 Å². The van der Waals surface area contributed by atoms with Gasteiger partial charge in [-0.05, 0) is 32.0 Å². The zero-order valence-electron chi connectivity index (χ0n) is 11.0. The molecule has 1 amide bonds. The summed E-state index contributed by atoms with van der Waals surface area (Å²) in [7, 11) is 1.62. The molecule has 0 aromatic heterocycles. The number of nitrogens with zero attached hydrogens (tertiary/aromatic N) is 1. The Kier molecular flexibility index (Phi) is 5.11. The van der Waals surface area contributed by atoms with Crippen LogP contribution in [0, 0.1) is 0 Å². The molecule has 0 saturated heterocycles. The molecule has 0 fully saturated rings. The summed E-state index contributed by atoms with van der Waals surface area (Å²) < 4.78 is 28.5. The van der Waals surface area contributed by atoms with E-state index in [1.165, 1.54) is 23.1 Å². The van der Waals surface area contributed by atoms with Crippen LogP contribution in [-0.4, -0.2) is 35.9 Å². The molecule has 0 unspecified atom stereocenters. The minimum absolute atomic E-state index is 0.0436. The maximum absolute atomic E-state index is 12.2. The van der Waals surface area contributed by atoms with Gasteiger partial charge in [-0.1, -0.05) is 6.07 Å². The molecule has 3 nitrogen and oxygen atoms in total. The number of alkyl halides is 3. The summed E-state index contributed by atoms with van der Waals surface area (Å²) in [4.78, 5) is 13.7. The smallest absolute Gasteiger partial charge is 0.387 e. The van der Waals surface area contributed by atoms with Crippen LogP contribution in [-0.2, 0) is 0 Å². The van der Waals surface area contributed by atoms with Crippen LogP contribution in [0.3, 0.4) is 0 Å². The lowest BCUT2D eigenvalue weighted by atomic mass is 10.0. The summed E-state index contributed by atoms with van der Waals surface area (Å²) in [5.41, 5.74) is -0.253. The van der Waals surface area contributed by atoms with E-state index in [-0.39, 0.29) is 23.1 Å². The van der Waals surface area contributed by atoms with Crippen molar-refractivity contribution < 1.29 is 18.3 Å². The Hall–Kier alpha value is -1.36. The molecule has 0 aliphatic carbocycles. The van der Waals surface area contributed by atoms with Crippen molar-refractivity contribution >= 4 is 17.5 Å². The Morgan fingerprint density at radius 2 is 2.11 bits per heavy atom. The molecule has 6 heteroatoms. The number of carbonyl (C=O) groups excluding carboxylic acids is 1. The van der Waals surface area contributed by atoms with Crippen LogP contribution >= 0.6 is 11.6 Å². The first-order valence-electron chi connectivity index (χ1n) is 5.67. The van der Waals surface area contributed by atoms with Gasteiger partial charge < -0.3 is 9.64 Å². The van der Waals surface area contributed by atoms with Crippen LogP contribution in [0.4, 0.5) is 8.78 Å². The van der Waals surface area contributed by atoms with Crippen molar-refractivity contribution in [2.45, 2.75) is 26.0 Å². The lowest BCUT2D eigenvalue weighted by molar-refractivity contribution is -0.0499. The molecular weight excluding hydrogens is 276 g/mol. The first kappa shape index (κ1) is 15.7. The van der Waals surface area contributed by atoms with Gasteiger partial charge in [-0.3, -0.25) is 4.79 Å². The fraction of sp³-hybridized carbons (Fsp3) is 0.462. The molecule has 0 heterocycles. The van der Waals surface area contributed by atoms with E-state index in [4.69, 9.17) is 11.6 Å². The minimum Gasteiger partial charge on any atom is -0.435 e. The van der Waals surface area contributed by atoms with Crippen LogP contribution in [0.5, 0.6) is 5.75 Å². The van der Waals surface area contributed by atoms with Crippen molar-refractivity contribution in [1.29, 1.82) is 0 Å². The highest BCUT2D eigenvalue weighted by Crippen LogP contribution is 2.21. The second-order valence-corrected chi connectivity index (χ2v) is 4.98. The van der Waals surface area contributed by atoms with E-state index in [9.17, 15) is 13.6 Å². The van der Waals surface area contributed by atoms with Crippen LogP contribution in [0.2, 0.25) is 0 Å². The molecule has 19 heavy (non-hydrogen) atoms. The van der Waals surface area contributed by atoms with Gasteiger partial charge in [0.05, 0.1) is 5.54 Å². The highest BCUT2D eigenvalue weighted by atomic mass is 35.5. The van der Waals surface area contributed by atoms with Gasteiger partial charge in [0, 0.05) is 18.5 Å². The van der Waals surface area contributed by atoms with Gasteiger partial charge in [-0.25, -0.2) is 0 Å². The van der Waals surface area contributed by atoms with Crippen molar-refractivity contribution in [1.82, 2.24) is 4.90 Å². The summed E-state index contributed by atoms with van der Waals surface area (Å²) in [6.07, 6.45) is 0. The number of amides is 1. The zero-order valence-corrected chi connectivity index (χ0v) is 11.7. The van der Waals surface area contributed by atoms with Gasteiger partial charge in [-0.15, -0.1) is 11.6 Å². The zero-order chi connectivity index (χ0) is 14.6. The van der Waals surface area contributed by atoms with Gasteiger partial charge in [0.1, 0.15) is 5.75 Å². The Balaban J connectivity index is 2.94. The molecular formula is C13H16ClF2NO2. The molecule has 1 aromatic rings. The number of carbonyl (C=O) groups is 1. The van der Waals surface area contributed by atoms with Gasteiger partial charge in [0.25, 0.3) is 5.91 Å². The molecule has 1 rings (SSSR count). The summed E-state index contributed by atoms with van der Waals surface area (Å²) in [6.45, 7) is 0.719. The predicted molar refractivity (Wildman–Crippen MR) is 70.0 cm³/mol. The van der Waals surface area contributed by atoms with Crippen LogP contribution in [0.1, 0.15) is 24.2 Å². The number of ether oxygens (including phenoxy) is 1. The SMILES string of the molecule is CN(C(=O)c1cccc(OC(F)F)c1)C(C)(C)CCl. The van der Waals surface area contributed by atoms with Gasteiger partial charge in [0.2, 0.25) is 0 Å². The molecule has 0 aliphatic heterocycles. The van der Waals surface area contributed by atoms with E-state index in [2.05, 4.69) is 4.74 Å². The third-order valence-corrected chi connectivity index (χ3v) is 3.50. The Morgan fingerprint density at radius 1 is 1.47 bits per heavy atom. The fourth-order valence-electron chi connectivity index (χ4n) is 1.36. The molecule has 0 bridgehead atoms. The second kappa shape index (κ2) is 6.19. The fourth-order valence-corrected chi connectivity index (χ4v) is 1.54. The van der Waals surface area contributed by atoms with E-state index >= 15 is 0 Å². The first-order chi connectivity index (χ1) is 8.77. The molecule has 0 N–H and O–H groups in total. The molecule has 1 aromatic carbocycles. The average molecular weight is 292 g/mol. The Labute approximate surface area is 116 Å². The summed E-state index contributed by atoms with van der Waals surface area (Å²) in [5.74, 6) is -0.0778. The van der Waals surface area contributed by atoms with E-state index in [1.807, 2.05) is 13.8 Å². The van der Waals surface area contributed by atoms with Crippen molar-refractivity contribution in [2.24, 2.45) is 0 Å². The third kappa shape index (κ3) is 4.06. The summed E-state index contributed by atoms with van der Waals surface area (Å²) >= 11 is 5.80. The topological polar surface area (TPSA) is 29.5 Å². The monoisotopic (exact) mass is 291 g/mol. The lowest BCUT2D eigenvalue weighted by Gasteiger charge is -2.34. The van der Waals surface area contributed by atoms with Crippen LogP contribution in [0.25, 0.3) is 0 Å². The highest BCUT2D eigenvalue weighted by molar-refractivity contribution is 6.18. The maximum Gasteiger partial charge on any atom is 0.387 e. The van der Waals surface area contributed by atoms with Crippen molar-refractivity contribution in [3.63, 3.8) is 0 Å². The van der Waals surface area contributed by atoms with Crippen molar-refractivity contribution in [3.8, 4) is 5.75 Å². The normalized spacial score (nSPS) is 11.5. The number of rotatable bonds is 5. The Bertz CT molecular complexity index is 452. The number of hydrogen-bond donors (Lipinski definition) is 0. The molecule has 0 aliphatic rings. The van der Waals surface area contributed by atoms with Crippen LogP contribution in [0.15, 0.2) is 24.3 Å². The van der Waals surface area contributed by atoms with Crippen molar-refractivity contribution in [2.75, 3.05) is 12.9 Å². The largest absolute Gasteiger partial charge is 0.435 e. The van der Waals surface area contributed by atoms with E-state index in [1.54, 1.807) is 13.1 Å². The number of halogens is 3. The highest BCUT2D eigenvalue weighted by Gasteiger charge is 2.27. The molecule has 0 radical (unpaired) electrons. The van der Waals surface area contributed by atoms with E-state index in [0.29, 0.717) is 0 Å². The predicted octanol–water partition coefficient (Wildman–Crippen LogP) is 3.38. The number of hydrogen-bond acceptors (Lipinski definition) is 2. The standard InChI is InChI=1S/C13H16ClF2NO2/c1-13(2,8-14)17(3)11(18)9-5-4-6-10(7-9)19-12(15)16/h4-7,12H,8H2,1-3H3. The number of benzene rings is 1. The second-order valence-electron chi connectivity index (χ2n) is 4.72. The van der Waals surface area contributed by atoms with Gasteiger partial charge in [-0.2, -0.15) is 8.78 Å². The van der Waals surface area contributed by atoms with Gasteiger partial charge >= 0.3 is 6.61 Å². The molecule has 106 valence electrons. The van der Waals surface area contributed by atoms with E-state index < -0.39 is 12.2 Å². The summed E-state index contributed by atoms with van der Waals surface area (Å²) in [5, 5.41) is 0. The van der Waals surface area contributed by atoms with Crippen molar-refractivity contribution in [3.05, 3.63) is 29.8 Å². The Morgan fingerprint density at radius 3 is 2.63 bits per heavy atom. The van der Waals surface area contributed by atoms with Gasteiger partial charge in [0.15, 0.2) is 0 Å². The quantitative estimate of drug-likeness (QED) is 0.778. The van der Waals surface area contributed by atoms with Crippen LogP contribution < -0.4 is 4.74 Å².